The molecular formula is C20H28N4O3. The fraction of sp³-hybridized carbons (Fsp3) is 0.600. The second kappa shape index (κ2) is 8.50. The zero-order chi connectivity index (χ0) is 19.4. The smallest absolute Gasteiger partial charge is 0.303 e. The lowest BCUT2D eigenvalue weighted by atomic mass is 10.1. The van der Waals surface area contributed by atoms with Crippen molar-refractivity contribution in [3.05, 3.63) is 23.0 Å². The van der Waals surface area contributed by atoms with Crippen LogP contribution in [0.4, 0.5) is 0 Å². The fourth-order valence-electron chi connectivity index (χ4n) is 3.46. The minimum atomic E-state index is -0.734. The molecule has 2 N–H and O–H groups in total. The number of unbranched alkanes of at least 4 members (excludes halogenated alkanes) is 4. The maximum Gasteiger partial charge on any atom is 0.303 e. The molecular weight excluding hydrogens is 344 g/mol. The highest BCUT2D eigenvalue weighted by molar-refractivity contribution is 6.06. The number of nitrogens with one attached hydrogen (secondary N) is 1. The number of nitrogens with zero attached hydrogens (tertiary/aromatic N) is 3. The van der Waals surface area contributed by atoms with Crippen LogP contribution >= 0.6 is 0 Å². The largest absolute Gasteiger partial charge is 0.481 e. The monoisotopic (exact) mass is 372 g/mol. The maximum atomic E-state index is 12.8. The number of aromatic nitrogens is 3. The van der Waals surface area contributed by atoms with E-state index in [1.165, 1.54) is 0 Å². The zero-order valence-electron chi connectivity index (χ0n) is 16.1. The molecule has 1 fully saturated rings. The van der Waals surface area contributed by atoms with Crippen LogP contribution in [-0.2, 0) is 11.8 Å². The molecule has 7 heteroatoms. The van der Waals surface area contributed by atoms with Crippen molar-refractivity contribution in [3.63, 3.8) is 0 Å². The number of carboxylic acids is 1. The number of fused-ring (bicyclic) bond motifs is 1. The maximum absolute atomic E-state index is 12.8. The van der Waals surface area contributed by atoms with Crippen LogP contribution < -0.4 is 5.32 Å². The number of aryl methyl sites for hydroxylation is 2. The Morgan fingerprint density at radius 2 is 1.93 bits per heavy atom. The Bertz CT molecular complexity index is 839. The van der Waals surface area contributed by atoms with E-state index >= 15 is 0 Å². The van der Waals surface area contributed by atoms with E-state index in [2.05, 4.69) is 10.4 Å². The Labute approximate surface area is 159 Å². The van der Waals surface area contributed by atoms with Crippen LogP contribution in [0.2, 0.25) is 0 Å². The summed E-state index contributed by atoms with van der Waals surface area (Å²) >= 11 is 0. The SMILES string of the molecule is Cc1nn(C)c2nc(C3CC3)cc(C(=O)NCCCCCCCC(=O)O)c12. The topological polar surface area (TPSA) is 97.1 Å². The lowest BCUT2D eigenvalue weighted by Gasteiger charge is -2.09. The molecule has 0 radical (unpaired) electrons. The number of hydrogen-bond acceptors (Lipinski definition) is 4. The second-order valence-corrected chi connectivity index (χ2v) is 7.44. The molecule has 1 aliphatic carbocycles. The Morgan fingerprint density at radius 1 is 1.22 bits per heavy atom. The van der Waals surface area contributed by atoms with Crippen molar-refractivity contribution in [2.45, 2.75) is 64.2 Å². The summed E-state index contributed by atoms with van der Waals surface area (Å²) in [4.78, 5) is 28.0. The van der Waals surface area contributed by atoms with E-state index in [0.717, 1.165) is 67.4 Å². The third-order valence-corrected chi connectivity index (χ3v) is 5.08. The Balaban J connectivity index is 1.56. The third-order valence-electron chi connectivity index (χ3n) is 5.08. The molecule has 146 valence electrons. The molecule has 1 saturated carbocycles. The number of amides is 1. The summed E-state index contributed by atoms with van der Waals surface area (Å²) in [6.45, 7) is 2.54. The van der Waals surface area contributed by atoms with E-state index in [9.17, 15) is 9.59 Å². The van der Waals surface area contributed by atoms with Gasteiger partial charge >= 0.3 is 5.97 Å². The van der Waals surface area contributed by atoms with Gasteiger partial charge in [-0.05, 0) is 38.7 Å². The van der Waals surface area contributed by atoms with Gasteiger partial charge in [0.05, 0.1) is 16.6 Å². The molecule has 0 unspecified atom stereocenters. The van der Waals surface area contributed by atoms with Gasteiger partial charge < -0.3 is 10.4 Å². The molecule has 0 aromatic carbocycles. The first-order valence-electron chi connectivity index (χ1n) is 9.81. The minimum Gasteiger partial charge on any atom is -0.481 e. The standard InChI is InChI=1S/C20H28N4O3/c1-13-18-15(12-16(14-9-10-14)22-19(18)24(2)23-13)20(27)21-11-7-5-3-4-6-8-17(25)26/h12,14H,3-11H2,1-2H3,(H,21,27)(H,25,26). The van der Waals surface area contributed by atoms with Gasteiger partial charge in [-0.3, -0.25) is 14.3 Å². The number of carbonyl (C=O) groups excluding carboxylic acids is 1. The number of carbonyl (C=O) groups is 2. The van der Waals surface area contributed by atoms with Crippen molar-refractivity contribution in [2.75, 3.05) is 6.54 Å². The van der Waals surface area contributed by atoms with Crippen molar-refractivity contribution >= 4 is 22.9 Å². The summed E-state index contributed by atoms with van der Waals surface area (Å²) in [5.74, 6) is -0.324. The van der Waals surface area contributed by atoms with E-state index in [0.29, 0.717) is 18.0 Å². The zero-order valence-corrected chi connectivity index (χ0v) is 16.1. The summed E-state index contributed by atoms with van der Waals surface area (Å²) in [6.07, 6.45) is 7.04. The summed E-state index contributed by atoms with van der Waals surface area (Å²) in [5.41, 5.74) is 3.27. The molecule has 0 spiro atoms. The number of pyridine rings is 1. The number of carboxylic acid groups (broad SMARTS) is 1. The summed E-state index contributed by atoms with van der Waals surface area (Å²) < 4.78 is 1.75. The van der Waals surface area contributed by atoms with E-state index in [4.69, 9.17) is 10.1 Å². The molecule has 0 atom stereocenters. The van der Waals surface area contributed by atoms with Crippen molar-refractivity contribution in [3.8, 4) is 0 Å². The average molecular weight is 372 g/mol. The molecule has 0 bridgehead atoms. The molecule has 0 saturated heterocycles. The van der Waals surface area contributed by atoms with Gasteiger partial charge in [0.25, 0.3) is 5.91 Å². The van der Waals surface area contributed by atoms with Crippen LogP contribution in [0.5, 0.6) is 0 Å². The van der Waals surface area contributed by atoms with Crippen LogP contribution in [0, 0.1) is 6.92 Å². The lowest BCUT2D eigenvalue weighted by molar-refractivity contribution is -0.137. The van der Waals surface area contributed by atoms with Gasteiger partial charge in [-0.15, -0.1) is 0 Å². The minimum absolute atomic E-state index is 0.0636. The number of hydrogen-bond donors (Lipinski definition) is 2. The highest BCUT2D eigenvalue weighted by atomic mass is 16.4. The Hall–Kier alpha value is -2.44. The second-order valence-electron chi connectivity index (χ2n) is 7.44. The molecule has 7 nitrogen and oxygen atoms in total. The Morgan fingerprint density at radius 3 is 2.63 bits per heavy atom. The molecule has 2 aromatic rings. The molecule has 0 aliphatic heterocycles. The lowest BCUT2D eigenvalue weighted by Crippen LogP contribution is -2.25. The summed E-state index contributed by atoms with van der Waals surface area (Å²) in [7, 11) is 1.87. The van der Waals surface area contributed by atoms with Crippen LogP contribution in [0.25, 0.3) is 11.0 Å². The highest BCUT2D eigenvalue weighted by Gasteiger charge is 2.28. The molecule has 2 aromatic heterocycles. The van der Waals surface area contributed by atoms with Crippen molar-refractivity contribution in [1.29, 1.82) is 0 Å². The molecule has 27 heavy (non-hydrogen) atoms. The third kappa shape index (κ3) is 4.84. The van der Waals surface area contributed by atoms with Crippen LogP contribution in [0.3, 0.4) is 0 Å². The van der Waals surface area contributed by atoms with Gasteiger partial charge in [-0.25, -0.2) is 4.98 Å². The van der Waals surface area contributed by atoms with E-state index in [1.54, 1.807) is 4.68 Å². The molecule has 1 aliphatic rings. The predicted octanol–water partition coefficient (Wildman–Crippen LogP) is 3.31. The predicted molar refractivity (Wildman–Crippen MR) is 103 cm³/mol. The quantitative estimate of drug-likeness (QED) is 0.624. The van der Waals surface area contributed by atoms with E-state index < -0.39 is 5.97 Å². The average Bonchev–Trinajstić information content (AvgIpc) is 3.43. The molecule has 3 rings (SSSR count). The normalized spacial score (nSPS) is 13.9. The van der Waals surface area contributed by atoms with E-state index in [-0.39, 0.29) is 12.3 Å². The summed E-state index contributed by atoms with van der Waals surface area (Å²) in [5, 5.41) is 16.9. The molecule has 1 amide bonds. The number of rotatable bonds is 10. The van der Waals surface area contributed by atoms with Gasteiger partial charge in [0.15, 0.2) is 5.65 Å². The van der Waals surface area contributed by atoms with Crippen molar-refractivity contribution < 1.29 is 14.7 Å². The van der Waals surface area contributed by atoms with Gasteiger partial charge in [0.2, 0.25) is 0 Å². The van der Waals surface area contributed by atoms with Gasteiger partial charge in [-0.2, -0.15) is 5.10 Å². The van der Waals surface area contributed by atoms with E-state index in [1.807, 2.05) is 20.0 Å². The first-order valence-corrected chi connectivity index (χ1v) is 9.81. The number of aliphatic carboxylic acids is 1. The van der Waals surface area contributed by atoms with Crippen molar-refractivity contribution in [1.82, 2.24) is 20.1 Å². The fourth-order valence-corrected chi connectivity index (χ4v) is 3.46. The van der Waals surface area contributed by atoms with Crippen LogP contribution in [0.1, 0.15) is 79.0 Å². The van der Waals surface area contributed by atoms with Crippen molar-refractivity contribution in [2.24, 2.45) is 7.05 Å². The first-order chi connectivity index (χ1) is 13.0. The van der Waals surface area contributed by atoms with Gasteiger partial charge in [0, 0.05) is 31.6 Å². The molecule has 2 heterocycles. The summed E-state index contributed by atoms with van der Waals surface area (Å²) in [6, 6.07) is 1.94. The Kier molecular flexibility index (Phi) is 6.08. The van der Waals surface area contributed by atoms with Gasteiger partial charge in [-0.1, -0.05) is 19.3 Å². The highest BCUT2D eigenvalue weighted by Crippen LogP contribution is 2.40. The van der Waals surface area contributed by atoms with Gasteiger partial charge in [0.1, 0.15) is 0 Å². The van der Waals surface area contributed by atoms with Crippen LogP contribution in [0.15, 0.2) is 6.07 Å². The van der Waals surface area contributed by atoms with Crippen LogP contribution in [-0.4, -0.2) is 38.3 Å². The first kappa shape index (κ1) is 19.3.